The number of benzene rings is 1. The molecule has 0 spiro atoms. The molecule has 0 saturated heterocycles. The fourth-order valence-electron chi connectivity index (χ4n) is 3.57. The number of imidazole rings is 1. The quantitative estimate of drug-likeness (QED) is 0.490. The van der Waals surface area contributed by atoms with Crippen LogP contribution in [0.25, 0.3) is 22.6 Å². The van der Waals surface area contributed by atoms with Crippen LogP contribution in [0.4, 0.5) is 0 Å². The molecule has 154 valence electrons. The van der Waals surface area contributed by atoms with Gasteiger partial charge in [-0.25, -0.2) is 9.89 Å². The maximum atomic E-state index is 12.8. The second-order valence-corrected chi connectivity index (χ2v) is 7.31. The molecule has 1 N–H and O–H groups in total. The monoisotopic (exact) mass is 423 g/mol. The van der Waals surface area contributed by atoms with E-state index in [1.807, 2.05) is 43.3 Å². The molecule has 0 fully saturated rings. The highest BCUT2D eigenvalue weighted by molar-refractivity contribution is 6.30. The SMILES string of the molecule is CCCc1c(Cl)n(CC)c(=O)n1Cc1ccc(-c2ccccc2-c2nnn[nH]2)nc1. The van der Waals surface area contributed by atoms with Gasteiger partial charge in [0.25, 0.3) is 0 Å². The summed E-state index contributed by atoms with van der Waals surface area (Å²) >= 11 is 6.46. The summed E-state index contributed by atoms with van der Waals surface area (Å²) < 4.78 is 3.36. The first-order valence-electron chi connectivity index (χ1n) is 9.90. The Hall–Kier alpha value is -3.26. The number of hydrogen-bond donors (Lipinski definition) is 1. The number of hydrogen-bond acceptors (Lipinski definition) is 5. The van der Waals surface area contributed by atoms with Gasteiger partial charge < -0.3 is 0 Å². The van der Waals surface area contributed by atoms with Crippen molar-refractivity contribution in [2.45, 2.75) is 39.8 Å². The lowest BCUT2D eigenvalue weighted by Gasteiger charge is -2.09. The van der Waals surface area contributed by atoms with E-state index >= 15 is 0 Å². The lowest BCUT2D eigenvalue weighted by Crippen LogP contribution is -2.25. The molecule has 4 aromatic rings. The third-order valence-corrected chi connectivity index (χ3v) is 5.46. The summed E-state index contributed by atoms with van der Waals surface area (Å²) in [6, 6.07) is 11.7. The predicted octanol–water partition coefficient (Wildman–Crippen LogP) is 3.57. The van der Waals surface area contributed by atoms with Gasteiger partial charge in [0.1, 0.15) is 5.15 Å². The van der Waals surface area contributed by atoms with Crippen LogP contribution in [0.5, 0.6) is 0 Å². The normalized spacial score (nSPS) is 11.2. The van der Waals surface area contributed by atoms with E-state index in [1.165, 1.54) is 0 Å². The molecule has 0 bridgehead atoms. The third kappa shape index (κ3) is 3.66. The minimum absolute atomic E-state index is 0.0850. The van der Waals surface area contributed by atoms with Crippen LogP contribution < -0.4 is 5.69 Å². The molecule has 8 nitrogen and oxygen atoms in total. The van der Waals surface area contributed by atoms with Crippen molar-refractivity contribution in [2.24, 2.45) is 0 Å². The van der Waals surface area contributed by atoms with Gasteiger partial charge in [-0.3, -0.25) is 14.1 Å². The second kappa shape index (κ2) is 8.62. The molecule has 0 amide bonds. The molecule has 4 rings (SSSR count). The predicted molar refractivity (Wildman–Crippen MR) is 115 cm³/mol. The Balaban J connectivity index is 1.66. The molecule has 0 unspecified atom stereocenters. The molecule has 9 heteroatoms. The van der Waals surface area contributed by atoms with Gasteiger partial charge in [0.15, 0.2) is 5.82 Å². The van der Waals surface area contributed by atoms with Crippen molar-refractivity contribution in [1.29, 1.82) is 0 Å². The van der Waals surface area contributed by atoms with Crippen molar-refractivity contribution in [3.8, 4) is 22.6 Å². The topological polar surface area (TPSA) is 94.3 Å². The van der Waals surface area contributed by atoms with Gasteiger partial charge in [0.2, 0.25) is 0 Å². The minimum Gasteiger partial charge on any atom is -0.290 e. The second-order valence-electron chi connectivity index (χ2n) is 6.95. The van der Waals surface area contributed by atoms with Crippen LogP contribution in [0.15, 0.2) is 47.4 Å². The molecule has 0 saturated carbocycles. The highest BCUT2D eigenvalue weighted by atomic mass is 35.5. The maximum Gasteiger partial charge on any atom is 0.329 e. The van der Waals surface area contributed by atoms with E-state index in [2.05, 4.69) is 32.5 Å². The molecule has 3 aromatic heterocycles. The number of halogens is 1. The fourth-order valence-corrected chi connectivity index (χ4v) is 3.96. The summed E-state index contributed by atoms with van der Waals surface area (Å²) in [7, 11) is 0. The molecule has 0 aliphatic carbocycles. The zero-order chi connectivity index (χ0) is 21.1. The van der Waals surface area contributed by atoms with E-state index in [9.17, 15) is 4.79 Å². The van der Waals surface area contributed by atoms with Gasteiger partial charge in [-0.1, -0.05) is 55.3 Å². The van der Waals surface area contributed by atoms with Crippen LogP contribution in [0.1, 0.15) is 31.5 Å². The molecule has 0 radical (unpaired) electrons. The van der Waals surface area contributed by atoms with Crippen molar-refractivity contribution < 1.29 is 0 Å². The van der Waals surface area contributed by atoms with Gasteiger partial charge >= 0.3 is 5.69 Å². The molecule has 1 aromatic carbocycles. The van der Waals surface area contributed by atoms with Crippen molar-refractivity contribution in [3.63, 3.8) is 0 Å². The number of nitrogens with zero attached hydrogens (tertiary/aromatic N) is 6. The molecule has 0 aliphatic heterocycles. The highest BCUT2D eigenvalue weighted by Gasteiger charge is 2.17. The standard InChI is InChI=1S/C21H22ClN7O/c1-3-7-18-19(22)28(4-2)21(30)29(18)13-14-10-11-17(23-12-14)15-8-5-6-9-16(15)20-24-26-27-25-20/h5-6,8-12H,3-4,7,13H2,1-2H3,(H,24,25,26,27). The summed E-state index contributed by atoms with van der Waals surface area (Å²) in [5.74, 6) is 0.586. The van der Waals surface area contributed by atoms with E-state index in [-0.39, 0.29) is 5.69 Å². The Morgan fingerprint density at radius 1 is 1.07 bits per heavy atom. The molecular weight excluding hydrogens is 402 g/mol. The number of pyridine rings is 1. The summed E-state index contributed by atoms with van der Waals surface area (Å²) in [5.41, 5.74) is 4.32. The van der Waals surface area contributed by atoms with Gasteiger partial charge in [-0.15, -0.1) is 5.10 Å². The van der Waals surface area contributed by atoms with Crippen molar-refractivity contribution >= 4 is 11.6 Å². The van der Waals surface area contributed by atoms with Gasteiger partial charge in [-0.2, -0.15) is 0 Å². The van der Waals surface area contributed by atoms with Gasteiger partial charge in [-0.05, 0) is 35.4 Å². The van der Waals surface area contributed by atoms with E-state index < -0.39 is 0 Å². The number of nitrogens with one attached hydrogen (secondary N) is 1. The van der Waals surface area contributed by atoms with Gasteiger partial charge in [0, 0.05) is 23.9 Å². The molecule has 0 atom stereocenters. The van der Waals surface area contributed by atoms with E-state index in [1.54, 1.807) is 15.3 Å². The number of aromatic nitrogens is 7. The number of tetrazole rings is 1. The highest BCUT2D eigenvalue weighted by Crippen LogP contribution is 2.28. The zero-order valence-electron chi connectivity index (χ0n) is 16.8. The van der Waals surface area contributed by atoms with Gasteiger partial charge in [0.05, 0.1) is 17.9 Å². The van der Waals surface area contributed by atoms with E-state index in [4.69, 9.17) is 11.6 Å². The van der Waals surface area contributed by atoms with Crippen LogP contribution in [-0.2, 0) is 19.5 Å². The Morgan fingerprint density at radius 3 is 2.50 bits per heavy atom. The minimum atomic E-state index is -0.0850. The van der Waals surface area contributed by atoms with Crippen molar-refractivity contribution in [1.82, 2.24) is 34.7 Å². The van der Waals surface area contributed by atoms with Crippen LogP contribution in [0, 0.1) is 0 Å². The molecule has 30 heavy (non-hydrogen) atoms. The number of H-pyrrole nitrogens is 1. The number of rotatable bonds is 7. The van der Waals surface area contributed by atoms with Crippen molar-refractivity contribution in [2.75, 3.05) is 0 Å². The fraction of sp³-hybridized carbons (Fsp3) is 0.286. The molecular formula is C21H22ClN7O. The maximum absolute atomic E-state index is 12.8. The first-order chi connectivity index (χ1) is 14.6. The average molecular weight is 424 g/mol. The van der Waals surface area contributed by atoms with Crippen LogP contribution in [0.3, 0.4) is 0 Å². The largest absolute Gasteiger partial charge is 0.329 e. The summed E-state index contributed by atoms with van der Waals surface area (Å²) in [6.07, 6.45) is 3.46. The van der Waals surface area contributed by atoms with Crippen molar-refractivity contribution in [3.05, 3.63) is 69.5 Å². The van der Waals surface area contributed by atoms with E-state index in [0.29, 0.717) is 24.1 Å². The first-order valence-corrected chi connectivity index (χ1v) is 10.3. The zero-order valence-corrected chi connectivity index (χ0v) is 17.6. The Labute approximate surface area is 178 Å². The van der Waals surface area contributed by atoms with Crippen LogP contribution in [-0.4, -0.2) is 34.7 Å². The van der Waals surface area contributed by atoms with Crippen LogP contribution in [0.2, 0.25) is 5.15 Å². The van der Waals surface area contributed by atoms with E-state index in [0.717, 1.165) is 40.9 Å². The third-order valence-electron chi connectivity index (χ3n) is 5.03. The summed E-state index contributed by atoms with van der Waals surface area (Å²) in [4.78, 5) is 17.4. The molecule has 0 aliphatic rings. The Kier molecular flexibility index (Phi) is 5.76. The Morgan fingerprint density at radius 2 is 1.87 bits per heavy atom. The summed E-state index contributed by atoms with van der Waals surface area (Å²) in [6.45, 7) is 4.98. The Bertz CT molecular complexity index is 1190. The first kappa shape index (κ1) is 20.0. The summed E-state index contributed by atoms with van der Waals surface area (Å²) in [5, 5.41) is 14.6. The van der Waals surface area contributed by atoms with Crippen LogP contribution >= 0.6 is 11.6 Å². The smallest absolute Gasteiger partial charge is 0.290 e. The number of aromatic amines is 1. The molecule has 3 heterocycles. The lowest BCUT2D eigenvalue weighted by molar-refractivity contribution is 0.652. The average Bonchev–Trinajstić information content (AvgIpc) is 3.38. The lowest BCUT2D eigenvalue weighted by atomic mass is 10.0.